The fraction of sp³-hybridized carbons (Fsp3) is 0.440. The molecule has 0 saturated carbocycles. The summed E-state index contributed by atoms with van der Waals surface area (Å²) < 4.78 is 1.78. The van der Waals surface area contributed by atoms with Gasteiger partial charge in [-0.1, -0.05) is 48.4 Å². The number of carbonyl (C=O) groups is 1. The number of carbonyl (C=O) groups excluding carboxylic acids is 1. The van der Waals surface area contributed by atoms with Gasteiger partial charge in [-0.15, -0.1) is 0 Å². The quantitative estimate of drug-likeness (QED) is 0.520. The van der Waals surface area contributed by atoms with Crippen LogP contribution in [-0.2, 0) is 11.3 Å². The number of halogens is 1. The molecule has 0 spiro atoms. The molecule has 1 amide bonds. The van der Waals surface area contributed by atoms with E-state index in [-0.39, 0.29) is 12.5 Å². The average molecular weight is 439 g/mol. The minimum atomic E-state index is -0.0151. The monoisotopic (exact) mass is 438 g/mol. The second kappa shape index (κ2) is 9.84. The number of amides is 1. The molecule has 5 nitrogen and oxygen atoms in total. The van der Waals surface area contributed by atoms with E-state index in [1.54, 1.807) is 4.68 Å². The van der Waals surface area contributed by atoms with Crippen LogP contribution in [0, 0.1) is 0 Å². The third-order valence-corrected chi connectivity index (χ3v) is 6.58. The van der Waals surface area contributed by atoms with Crippen molar-refractivity contribution in [1.29, 1.82) is 0 Å². The Bertz CT molecular complexity index is 1020. The number of aromatic nitrogens is 2. The van der Waals surface area contributed by atoms with E-state index in [4.69, 9.17) is 16.7 Å². The smallest absolute Gasteiger partial charge is 0.241 e. The number of rotatable bonds is 7. The Hall–Kier alpha value is -2.37. The largest absolute Gasteiger partial charge is 0.354 e. The van der Waals surface area contributed by atoms with Crippen molar-refractivity contribution < 1.29 is 4.79 Å². The van der Waals surface area contributed by atoms with E-state index in [0.717, 1.165) is 35.1 Å². The second-order valence-corrected chi connectivity index (χ2v) is 9.04. The van der Waals surface area contributed by atoms with Gasteiger partial charge in [-0.3, -0.25) is 14.4 Å². The zero-order valence-corrected chi connectivity index (χ0v) is 19.1. The maximum Gasteiger partial charge on any atom is 0.241 e. The first-order valence-corrected chi connectivity index (χ1v) is 11.6. The van der Waals surface area contributed by atoms with Crippen LogP contribution < -0.4 is 5.32 Å². The highest BCUT2D eigenvalue weighted by atomic mass is 35.5. The predicted octanol–water partition coefficient (Wildman–Crippen LogP) is 5.13. The maximum absolute atomic E-state index is 12.6. The minimum Gasteiger partial charge on any atom is -0.354 e. The Morgan fingerprint density at radius 2 is 1.87 bits per heavy atom. The van der Waals surface area contributed by atoms with Gasteiger partial charge in [-0.05, 0) is 51.3 Å². The molecule has 4 rings (SSSR count). The van der Waals surface area contributed by atoms with Crippen LogP contribution in [0.15, 0.2) is 48.5 Å². The molecule has 0 radical (unpaired) electrons. The van der Waals surface area contributed by atoms with Gasteiger partial charge in [0.1, 0.15) is 12.2 Å². The first kappa shape index (κ1) is 21.8. The van der Waals surface area contributed by atoms with Gasteiger partial charge in [0.25, 0.3) is 0 Å². The van der Waals surface area contributed by atoms with Crippen LogP contribution in [0.3, 0.4) is 0 Å². The van der Waals surface area contributed by atoms with E-state index in [1.807, 2.05) is 48.5 Å². The first-order valence-electron chi connectivity index (χ1n) is 11.3. The van der Waals surface area contributed by atoms with Crippen molar-refractivity contribution in [2.45, 2.75) is 58.2 Å². The van der Waals surface area contributed by atoms with E-state index in [0.29, 0.717) is 23.7 Å². The lowest BCUT2D eigenvalue weighted by Gasteiger charge is -2.39. The number of benzene rings is 2. The van der Waals surface area contributed by atoms with Crippen LogP contribution in [0.25, 0.3) is 22.2 Å². The lowest BCUT2D eigenvalue weighted by molar-refractivity contribution is -0.121. The highest BCUT2D eigenvalue weighted by Gasteiger charge is 2.23. The zero-order chi connectivity index (χ0) is 21.8. The van der Waals surface area contributed by atoms with Crippen molar-refractivity contribution in [2.75, 3.05) is 13.1 Å². The number of nitrogens with zero attached hydrogens (tertiary/aromatic N) is 3. The van der Waals surface area contributed by atoms with E-state index in [2.05, 4.69) is 24.1 Å². The zero-order valence-electron chi connectivity index (χ0n) is 18.4. The van der Waals surface area contributed by atoms with Gasteiger partial charge in [-0.25, -0.2) is 0 Å². The van der Waals surface area contributed by atoms with E-state index >= 15 is 0 Å². The van der Waals surface area contributed by atoms with E-state index in [1.165, 1.54) is 19.3 Å². The number of fused-ring (bicyclic) bond motifs is 1. The van der Waals surface area contributed by atoms with Gasteiger partial charge in [0, 0.05) is 41.1 Å². The molecule has 6 heteroatoms. The topological polar surface area (TPSA) is 50.2 Å². The Balaban J connectivity index is 1.40. The molecule has 0 aliphatic carbocycles. The second-order valence-electron chi connectivity index (χ2n) is 8.60. The van der Waals surface area contributed by atoms with Crippen molar-refractivity contribution in [2.24, 2.45) is 0 Å². The van der Waals surface area contributed by atoms with Crippen molar-refractivity contribution in [1.82, 2.24) is 20.0 Å². The number of hydrogen-bond donors (Lipinski definition) is 1. The SMILES string of the molecule is C[C@@H]1CCC[C@@H](C)N1CCCNC(=O)Cn1nc(-c2ccccc2)c2cc(Cl)ccc21. The molecule has 1 N–H and O–H groups in total. The van der Waals surface area contributed by atoms with Gasteiger partial charge >= 0.3 is 0 Å². The first-order chi connectivity index (χ1) is 15.0. The highest BCUT2D eigenvalue weighted by Crippen LogP contribution is 2.30. The fourth-order valence-corrected chi connectivity index (χ4v) is 4.85. The van der Waals surface area contributed by atoms with Crippen molar-refractivity contribution in [3.63, 3.8) is 0 Å². The van der Waals surface area contributed by atoms with Crippen molar-refractivity contribution >= 4 is 28.4 Å². The molecule has 3 aromatic rings. The summed E-state index contributed by atoms with van der Waals surface area (Å²) in [6, 6.07) is 17.0. The third-order valence-electron chi connectivity index (χ3n) is 6.34. The summed E-state index contributed by atoms with van der Waals surface area (Å²) in [6.45, 7) is 6.54. The van der Waals surface area contributed by atoms with E-state index in [9.17, 15) is 4.79 Å². The Morgan fingerprint density at radius 1 is 1.13 bits per heavy atom. The normalized spacial score (nSPS) is 19.6. The Kier molecular flexibility index (Phi) is 6.93. The molecule has 2 aromatic carbocycles. The van der Waals surface area contributed by atoms with Crippen LogP contribution in [0.5, 0.6) is 0 Å². The number of likely N-dealkylation sites (tertiary alicyclic amines) is 1. The lowest BCUT2D eigenvalue weighted by Crippen LogP contribution is -2.44. The molecule has 1 aromatic heterocycles. The van der Waals surface area contributed by atoms with Gasteiger partial charge in [0.2, 0.25) is 5.91 Å². The molecular formula is C25H31ClN4O. The molecule has 2 atom stereocenters. The molecule has 2 heterocycles. The summed E-state index contributed by atoms with van der Waals surface area (Å²) in [5.74, 6) is -0.0151. The van der Waals surface area contributed by atoms with Crippen LogP contribution in [0.4, 0.5) is 0 Å². The van der Waals surface area contributed by atoms with Gasteiger partial charge < -0.3 is 5.32 Å². The minimum absolute atomic E-state index is 0.0151. The molecule has 1 aliphatic heterocycles. The number of piperidine rings is 1. The predicted molar refractivity (Wildman–Crippen MR) is 127 cm³/mol. The Labute approximate surface area is 189 Å². The molecule has 0 bridgehead atoms. The summed E-state index contributed by atoms with van der Waals surface area (Å²) in [5, 5.41) is 9.44. The van der Waals surface area contributed by atoms with Crippen molar-refractivity contribution in [3.8, 4) is 11.3 Å². The fourth-order valence-electron chi connectivity index (χ4n) is 4.68. The summed E-state index contributed by atoms with van der Waals surface area (Å²) in [7, 11) is 0. The number of hydrogen-bond acceptors (Lipinski definition) is 3. The molecular weight excluding hydrogens is 408 g/mol. The van der Waals surface area contributed by atoms with Crippen LogP contribution in [0.2, 0.25) is 5.02 Å². The summed E-state index contributed by atoms with van der Waals surface area (Å²) in [6.07, 6.45) is 4.84. The third kappa shape index (κ3) is 5.10. The maximum atomic E-state index is 12.6. The molecule has 1 saturated heterocycles. The van der Waals surface area contributed by atoms with E-state index < -0.39 is 0 Å². The molecule has 31 heavy (non-hydrogen) atoms. The van der Waals surface area contributed by atoms with Crippen LogP contribution in [0.1, 0.15) is 39.5 Å². The molecule has 0 unspecified atom stereocenters. The van der Waals surface area contributed by atoms with Gasteiger partial charge in [0.05, 0.1) is 5.52 Å². The van der Waals surface area contributed by atoms with Gasteiger partial charge in [-0.2, -0.15) is 5.10 Å². The summed E-state index contributed by atoms with van der Waals surface area (Å²) >= 11 is 6.24. The van der Waals surface area contributed by atoms with Crippen molar-refractivity contribution in [3.05, 3.63) is 53.6 Å². The lowest BCUT2D eigenvalue weighted by atomic mass is 9.97. The molecule has 164 valence electrons. The summed E-state index contributed by atoms with van der Waals surface area (Å²) in [5.41, 5.74) is 2.77. The van der Waals surface area contributed by atoms with Crippen LogP contribution in [-0.4, -0.2) is 45.8 Å². The Morgan fingerprint density at radius 3 is 2.61 bits per heavy atom. The van der Waals surface area contributed by atoms with Crippen LogP contribution >= 0.6 is 11.6 Å². The standard InChI is InChI=1S/C25H31ClN4O/c1-18-8-6-9-19(2)29(18)15-7-14-27-24(31)17-30-23-13-12-21(26)16-22(23)25(28-30)20-10-4-3-5-11-20/h3-5,10-13,16,18-19H,6-9,14-15,17H2,1-2H3,(H,27,31)/t18-,19-/m1/s1. The molecule has 1 fully saturated rings. The number of nitrogens with one attached hydrogen (secondary N) is 1. The average Bonchev–Trinajstić information content (AvgIpc) is 3.10. The highest BCUT2D eigenvalue weighted by molar-refractivity contribution is 6.31. The summed E-state index contributed by atoms with van der Waals surface area (Å²) in [4.78, 5) is 15.2. The molecule has 1 aliphatic rings. The van der Waals surface area contributed by atoms with Gasteiger partial charge in [0.15, 0.2) is 0 Å².